The summed E-state index contributed by atoms with van der Waals surface area (Å²) < 4.78 is 16.4. The van der Waals surface area contributed by atoms with Crippen molar-refractivity contribution in [3.63, 3.8) is 0 Å². The molecule has 0 fully saturated rings. The van der Waals surface area contributed by atoms with Crippen LogP contribution in [0.3, 0.4) is 0 Å². The molecule has 7 heteroatoms. The number of pyridine rings is 1. The quantitative estimate of drug-likeness (QED) is 0.612. The topological polar surface area (TPSA) is 72.4 Å². The van der Waals surface area contributed by atoms with Gasteiger partial charge in [-0.05, 0) is 30.2 Å². The summed E-state index contributed by atoms with van der Waals surface area (Å²) in [6.07, 6.45) is 3.86. The van der Waals surface area contributed by atoms with Crippen molar-refractivity contribution in [2.45, 2.75) is 19.9 Å². The fraction of sp³-hybridized carbons (Fsp3) is 0.211. The Kier molecular flexibility index (Phi) is 4.00. The molecule has 0 bridgehead atoms. The molecule has 0 amide bonds. The molecule has 0 radical (unpaired) electrons. The number of halogens is 1. The molecular weight excluding hydrogens is 335 g/mol. The van der Waals surface area contributed by atoms with E-state index in [4.69, 9.17) is 5.11 Å². The molecule has 26 heavy (non-hydrogen) atoms. The Morgan fingerprint density at radius 3 is 2.65 bits per heavy atom. The van der Waals surface area contributed by atoms with Crippen molar-refractivity contribution in [1.82, 2.24) is 19.2 Å². The Morgan fingerprint density at radius 1 is 1.19 bits per heavy atom. The van der Waals surface area contributed by atoms with Crippen LogP contribution >= 0.6 is 0 Å². The maximum atomic E-state index is 13.3. The number of aliphatic hydroxyl groups is 1. The second-order valence-corrected chi connectivity index (χ2v) is 6.01. The van der Waals surface area contributed by atoms with Gasteiger partial charge < -0.3 is 9.67 Å². The first-order valence-corrected chi connectivity index (χ1v) is 8.40. The minimum absolute atomic E-state index is 0.114. The third kappa shape index (κ3) is 2.48. The number of benzene rings is 1. The summed E-state index contributed by atoms with van der Waals surface area (Å²) in [5, 5.41) is 14.2. The molecule has 3 aromatic heterocycles. The fourth-order valence-electron chi connectivity index (χ4n) is 3.20. The van der Waals surface area contributed by atoms with Gasteiger partial charge in [0, 0.05) is 24.5 Å². The van der Waals surface area contributed by atoms with Gasteiger partial charge in [0.1, 0.15) is 5.82 Å². The summed E-state index contributed by atoms with van der Waals surface area (Å²) >= 11 is 0. The Morgan fingerprint density at radius 2 is 1.96 bits per heavy atom. The normalized spacial score (nSPS) is 11.5. The molecule has 3 heterocycles. The molecule has 0 atom stereocenters. The number of nitrogens with zero attached hydrogens (tertiary/aromatic N) is 4. The number of aryl methyl sites for hydroxylation is 1. The number of hydrogen-bond acceptors (Lipinski definition) is 4. The fourth-order valence-corrected chi connectivity index (χ4v) is 3.20. The molecule has 1 aromatic carbocycles. The zero-order valence-electron chi connectivity index (χ0n) is 14.2. The molecule has 132 valence electrons. The molecular formula is C19H17FN4O2. The summed E-state index contributed by atoms with van der Waals surface area (Å²) in [5.74, 6) is -0.300. The van der Waals surface area contributed by atoms with Crippen LogP contribution < -0.4 is 5.56 Å². The maximum absolute atomic E-state index is 13.3. The first-order valence-electron chi connectivity index (χ1n) is 8.40. The number of hydrogen-bond donors (Lipinski definition) is 1. The van der Waals surface area contributed by atoms with Crippen molar-refractivity contribution < 1.29 is 9.50 Å². The molecule has 0 spiro atoms. The van der Waals surface area contributed by atoms with Gasteiger partial charge in [0.2, 0.25) is 0 Å². The smallest absolute Gasteiger partial charge is 0.261 e. The van der Waals surface area contributed by atoms with Crippen molar-refractivity contribution in [3.05, 3.63) is 64.6 Å². The number of rotatable bonds is 4. The van der Waals surface area contributed by atoms with E-state index in [1.807, 2.05) is 6.92 Å². The van der Waals surface area contributed by atoms with E-state index >= 15 is 0 Å². The molecule has 0 aliphatic heterocycles. The highest BCUT2D eigenvalue weighted by atomic mass is 19.1. The molecule has 0 saturated carbocycles. The van der Waals surface area contributed by atoms with Gasteiger partial charge in [-0.25, -0.2) is 13.9 Å². The first-order chi connectivity index (χ1) is 12.6. The predicted molar refractivity (Wildman–Crippen MR) is 96.6 cm³/mol. The van der Waals surface area contributed by atoms with Gasteiger partial charge in [-0.1, -0.05) is 19.1 Å². The standard InChI is InChI=1S/C19H17FN4O2/c1-2-15-17(12-3-5-13(20)6-4-12)18-21-11-14-16(24(18)22-15)7-8-23(9-10-25)19(14)26/h3-8,11,25H,2,9-10H2,1H3. The van der Waals surface area contributed by atoms with Gasteiger partial charge in [0.05, 0.1) is 23.2 Å². The largest absolute Gasteiger partial charge is 0.395 e. The average molecular weight is 352 g/mol. The molecule has 6 nitrogen and oxygen atoms in total. The third-order valence-corrected chi connectivity index (χ3v) is 4.47. The molecule has 0 aliphatic carbocycles. The Hall–Kier alpha value is -3.06. The minimum Gasteiger partial charge on any atom is -0.395 e. The van der Waals surface area contributed by atoms with Gasteiger partial charge >= 0.3 is 0 Å². The lowest BCUT2D eigenvalue weighted by Crippen LogP contribution is -2.21. The predicted octanol–water partition coefficient (Wildman–Crippen LogP) is 2.41. The van der Waals surface area contributed by atoms with Gasteiger partial charge in [0.25, 0.3) is 5.56 Å². The Balaban J connectivity index is 2.03. The number of aromatic nitrogens is 4. The Labute approximate surface area is 148 Å². The summed E-state index contributed by atoms with van der Waals surface area (Å²) in [6.45, 7) is 2.11. The summed E-state index contributed by atoms with van der Waals surface area (Å²) in [5.41, 5.74) is 3.56. The lowest BCUT2D eigenvalue weighted by Gasteiger charge is -2.06. The third-order valence-electron chi connectivity index (χ3n) is 4.47. The van der Waals surface area contributed by atoms with Crippen molar-refractivity contribution in [2.24, 2.45) is 0 Å². The monoisotopic (exact) mass is 352 g/mol. The second kappa shape index (κ2) is 6.34. The summed E-state index contributed by atoms with van der Waals surface area (Å²) in [7, 11) is 0. The van der Waals surface area contributed by atoms with Crippen LogP contribution in [-0.4, -0.2) is 30.9 Å². The molecule has 0 saturated heterocycles. The van der Waals surface area contributed by atoms with E-state index in [1.54, 1.807) is 28.9 Å². The lowest BCUT2D eigenvalue weighted by atomic mass is 10.0. The van der Waals surface area contributed by atoms with Gasteiger partial charge in [0.15, 0.2) is 5.65 Å². The highest BCUT2D eigenvalue weighted by molar-refractivity contribution is 5.86. The second-order valence-electron chi connectivity index (χ2n) is 6.01. The zero-order valence-corrected chi connectivity index (χ0v) is 14.2. The highest BCUT2D eigenvalue weighted by Gasteiger charge is 2.17. The van der Waals surface area contributed by atoms with Crippen molar-refractivity contribution in [3.8, 4) is 11.1 Å². The van der Waals surface area contributed by atoms with Crippen LogP contribution in [-0.2, 0) is 13.0 Å². The number of aliphatic hydroxyl groups excluding tert-OH is 1. The molecule has 4 rings (SSSR count). The Bertz CT molecular complexity index is 1160. The van der Waals surface area contributed by atoms with Crippen LogP contribution in [0.1, 0.15) is 12.6 Å². The van der Waals surface area contributed by atoms with Crippen molar-refractivity contribution in [1.29, 1.82) is 0 Å². The van der Waals surface area contributed by atoms with Crippen LogP contribution in [0.15, 0.2) is 47.5 Å². The molecule has 1 N–H and O–H groups in total. The lowest BCUT2D eigenvalue weighted by molar-refractivity contribution is 0.274. The zero-order chi connectivity index (χ0) is 18.3. The SMILES string of the molecule is CCc1nn2c(ncc3c(=O)n(CCO)ccc32)c1-c1ccc(F)cc1. The summed E-state index contributed by atoms with van der Waals surface area (Å²) in [6, 6.07) is 8.02. The summed E-state index contributed by atoms with van der Waals surface area (Å²) in [4.78, 5) is 17.0. The maximum Gasteiger partial charge on any atom is 0.261 e. The molecule has 4 aromatic rings. The van der Waals surface area contributed by atoms with Gasteiger partial charge in [-0.2, -0.15) is 5.10 Å². The minimum atomic E-state index is -0.300. The average Bonchev–Trinajstić information content (AvgIpc) is 3.04. The van der Waals surface area contributed by atoms with E-state index in [-0.39, 0.29) is 24.5 Å². The van der Waals surface area contributed by atoms with E-state index in [2.05, 4.69) is 10.1 Å². The number of fused-ring (bicyclic) bond motifs is 3. The van der Waals surface area contributed by atoms with Crippen LogP contribution in [0.5, 0.6) is 0 Å². The van der Waals surface area contributed by atoms with Crippen LogP contribution in [0.2, 0.25) is 0 Å². The van der Waals surface area contributed by atoms with Crippen molar-refractivity contribution >= 4 is 16.6 Å². The van der Waals surface area contributed by atoms with Crippen molar-refractivity contribution in [2.75, 3.05) is 6.61 Å². The van der Waals surface area contributed by atoms with E-state index < -0.39 is 0 Å². The van der Waals surface area contributed by atoms with Crippen LogP contribution in [0.25, 0.3) is 27.7 Å². The molecule has 0 aliphatic rings. The molecule has 0 unspecified atom stereocenters. The van der Waals surface area contributed by atoms with Crippen LogP contribution in [0.4, 0.5) is 4.39 Å². The van der Waals surface area contributed by atoms with E-state index in [1.165, 1.54) is 22.9 Å². The van der Waals surface area contributed by atoms with Gasteiger partial charge in [-0.15, -0.1) is 0 Å². The van der Waals surface area contributed by atoms with E-state index in [0.717, 1.165) is 16.8 Å². The van der Waals surface area contributed by atoms with E-state index in [9.17, 15) is 9.18 Å². The highest BCUT2D eigenvalue weighted by Crippen LogP contribution is 2.29. The van der Waals surface area contributed by atoms with E-state index in [0.29, 0.717) is 23.0 Å². The van der Waals surface area contributed by atoms with Crippen LogP contribution in [0, 0.1) is 5.82 Å². The first kappa shape index (κ1) is 16.4. The van der Waals surface area contributed by atoms with Gasteiger partial charge in [-0.3, -0.25) is 4.79 Å².